The lowest BCUT2D eigenvalue weighted by Crippen LogP contribution is -2.00. The van der Waals surface area contributed by atoms with Gasteiger partial charge in [0.2, 0.25) is 9.05 Å². The predicted octanol–water partition coefficient (Wildman–Crippen LogP) is 2.05. The fraction of sp³-hybridized carbons (Fsp3) is 0.375. The Morgan fingerprint density at radius 2 is 2.29 bits per heavy atom. The zero-order valence-electron chi connectivity index (χ0n) is 7.60. The van der Waals surface area contributed by atoms with E-state index >= 15 is 0 Å². The van der Waals surface area contributed by atoms with E-state index in [9.17, 15) is 8.42 Å². The average molecular weight is 252 g/mol. The van der Waals surface area contributed by atoms with Gasteiger partial charge in [-0.15, -0.1) is 11.8 Å². The van der Waals surface area contributed by atoms with Gasteiger partial charge >= 0.3 is 0 Å². The highest BCUT2D eigenvalue weighted by Crippen LogP contribution is 2.19. The summed E-state index contributed by atoms with van der Waals surface area (Å²) < 4.78 is 21.3. The molecule has 0 atom stereocenters. The molecule has 78 valence electrons. The summed E-state index contributed by atoms with van der Waals surface area (Å²) in [7, 11) is 1.69. The Morgan fingerprint density at radius 3 is 2.86 bits per heavy atom. The van der Waals surface area contributed by atoms with Crippen LogP contribution in [0.3, 0.4) is 0 Å². The van der Waals surface area contributed by atoms with Crippen LogP contribution in [-0.2, 0) is 9.05 Å². The Bertz CT molecular complexity index is 406. The van der Waals surface area contributed by atoms with Crippen LogP contribution in [-0.4, -0.2) is 24.9 Å². The smallest absolute Gasteiger partial charge is 0.233 e. The van der Waals surface area contributed by atoms with E-state index in [2.05, 4.69) is 4.98 Å². The number of halogens is 1. The van der Waals surface area contributed by atoms with E-state index in [0.717, 1.165) is 10.6 Å². The predicted molar refractivity (Wildman–Crippen MR) is 59.3 cm³/mol. The molecule has 1 rings (SSSR count). The van der Waals surface area contributed by atoms with Crippen LogP contribution in [0.1, 0.15) is 5.56 Å². The average Bonchev–Trinajstić information content (AvgIpc) is 2.06. The van der Waals surface area contributed by atoms with Crippen molar-refractivity contribution >= 4 is 31.5 Å². The summed E-state index contributed by atoms with van der Waals surface area (Å²) in [5.41, 5.74) is 1.05. The van der Waals surface area contributed by atoms with Gasteiger partial charge < -0.3 is 0 Å². The van der Waals surface area contributed by atoms with Gasteiger partial charge in [-0.3, -0.25) is 0 Å². The topological polar surface area (TPSA) is 47.0 Å². The van der Waals surface area contributed by atoms with Crippen LogP contribution in [0, 0.1) is 6.92 Å². The summed E-state index contributed by atoms with van der Waals surface area (Å²) in [6.07, 6.45) is 1.69. The second-order valence-electron chi connectivity index (χ2n) is 2.72. The summed E-state index contributed by atoms with van der Waals surface area (Å²) in [4.78, 5) is 4.12. The molecular formula is C8H10ClNO2S2. The van der Waals surface area contributed by atoms with Gasteiger partial charge in [-0.05, 0) is 18.6 Å². The first-order valence-corrected chi connectivity index (χ1v) is 7.42. The van der Waals surface area contributed by atoms with E-state index < -0.39 is 9.05 Å². The standard InChI is InChI=1S/C8H10ClNO2S2/c1-7-3-2-4-10-8(7)13-5-6-14(9,11)12/h2-4H,5-6H2,1H3. The molecule has 0 radical (unpaired) electrons. The van der Waals surface area contributed by atoms with Crippen LogP contribution < -0.4 is 0 Å². The van der Waals surface area contributed by atoms with Gasteiger partial charge in [0.15, 0.2) is 0 Å². The number of thioether (sulfide) groups is 1. The van der Waals surface area contributed by atoms with Crippen molar-refractivity contribution < 1.29 is 8.42 Å². The van der Waals surface area contributed by atoms with Crippen molar-refractivity contribution in [1.29, 1.82) is 0 Å². The van der Waals surface area contributed by atoms with Crippen molar-refractivity contribution in [2.45, 2.75) is 11.9 Å². The molecule has 0 aliphatic carbocycles. The fourth-order valence-electron chi connectivity index (χ4n) is 0.860. The van der Waals surface area contributed by atoms with E-state index in [1.165, 1.54) is 11.8 Å². The van der Waals surface area contributed by atoms with Crippen molar-refractivity contribution in [3.05, 3.63) is 23.9 Å². The van der Waals surface area contributed by atoms with E-state index in [1.54, 1.807) is 6.20 Å². The monoisotopic (exact) mass is 251 g/mol. The van der Waals surface area contributed by atoms with Crippen LogP contribution in [0.4, 0.5) is 0 Å². The highest BCUT2D eigenvalue weighted by Gasteiger charge is 2.06. The molecule has 14 heavy (non-hydrogen) atoms. The van der Waals surface area contributed by atoms with Gasteiger partial charge in [0.25, 0.3) is 0 Å². The molecule has 0 amide bonds. The first kappa shape index (κ1) is 11.8. The third-order valence-electron chi connectivity index (χ3n) is 1.53. The lowest BCUT2D eigenvalue weighted by Gasteiger charge is -2.01. The normalized spacial score (nSPS) is 11.6. The molecule has 0 aliphatic rings. The minimum Gasteiger partial charge on any atom is -0.250 e. The largest absolute Gasteiger partial charge is 0.250 e. The molecule has 0 unspecified atom stereocenters. The molecule has 0 spiro atoms. The Hall–Kier alpha value is -0.260. The van der Waals surface area contributed by atoms with Crippen LogP contribution in [0.5, 0.6) is 0 Å². The van der Waals surface area contributed by atoms with Crippen molar-refractivity contribution in [1.82, 2.24) is 4.98 Å². The third kappa shape index (κ3) is 4.30. The summed E-state index contributed by atoms with van der Waals surface area (Å²) in [5, 5.41) is 0.854. The molecule has 0 saturated heterocycles. The number of nitrogens with zero attached hydrogens (tertiary/aromatic N) is 1. The zero-order chi connectivity index (χ0) is 10.6. The Kier molecular flexibility index (Phi) is 4.22. The van der Waals surface area contributed by atoms with Crippen LogP contribution in [0.2, 0.25) is 0 Å². The van der Waals surface area contributed by atoms with Crippen LogP contribution >= 0.6 is 22.4 Å². The highest BCUT2D eigenvalue weighted by molar-refractivity contribution is 8.14. The lowest BCUT2D eigenvalue weighted by atomic mass is 10.3. The highest BCUT2D eigenvalue weighted by atomic mass is 35.7. The van der Waals surface area contributed by atoms with Gasteiger partial charge in [0.1, 0.15) is 0 Å². The molecule has 1 heterocycles. The van der Waals surface area contributed by atoms with E-state index in [-0.39, 0.29) is 5.75 Å². The molecule has 3 nitrogen and oxygen atoms in total. The maximum atomic E-state index is 10.6. The van der Waals surface area contributed by atoms with Crippen LogP contribution in [0.25, 0.3) is 0 Å². The molecule has 0 aliphatic heterocycles. The van der Waals surface area contributed by atoms with Gasteiger partial charge in [-0.1, -0.05) is 6.07 Å². The summed E-state index contributed by atoms with van der Waals surface area (Å²) >= 11 is 1.40. The fourth-order valence-corrected chi connectivity index (χ4v) is 3.18. The lowest BCUT2D eigenvalue weighted by molar-refractivity contribution is 0.611. The summed E-state index contributed by atoms with van der Waals surface area (Å²) in [6, 6.07) is 3.78. The second-order valence-corrected chi connectivity index (χ2v) is 6.70. The van der Waals surface area contributed by atoms with Crippen molar-refractivity contribution in [2.24, 2.45) is 0 Å². The number of aromatic nitrogens is 1. The first-order valence-electron chi connectivity index (χ1n) is 3.96. The summed E-state index contributed by atoms with van der Waals surface area (Å²) in [6.45, 7) is 1.94. The van der Waals surface area contributed by atoms with Crippen molar-refractivity contribution in [3.63, 3.8) is 0 Å². The molecule has 0 fully saturated rings. The van der Waals surface area contributed by atoms with Crippen molar-refractivity contribution in [2.75, 3.05) is 11.5 Å². The zero-order valence-corrected chi connectivity index (χ0v) is 9.99. The SMILES string of the molecule is Cc1cccnc1SCCS(=O)(=O)Cl. The van der Waals surface area contributed by atoms with Crippen LogP contribution in [0.15, 0.2) is 23.4 Å². The number of pyridine rings is 1. The van der Waals surface area contributed by atoms with E-state index in [1.807, 2.05) is 19.1 Å². The third-order valence-corrected chi connectivity index (χ3v) is 4.05. The van der Waals surface area contributed by atoms with Gasteiger partial charge in [-0.25, -0.2) is 13.4 Å². The minimum absolute atomic E-state index is 0.0325. The van der Waals surface area contributed by atoms with E-state index in [0.29, 0.717) is 5.75 Å². The molecule has 0 N–H and O–H groups in total. The van der Waals surface area contributed by atoms with Gasteiger partial charge in [0.05, 0.1) is 10.8 Å². The molecule has 0 saturated carbocycles. The quantitative estimate of drug-likeness (QED) is 0.607. The maximum Gasteiger partial charge on any atom is 0.233 e. The Balaban J connectivity index is 2.51. The number of hydrogen-bond acceptors (Lipinski definition) is 4. The van der Waals surface area contributed by atoms with Crippen molar-refractivity contribution in [3.8, 4) is 0 Å². The van der Waals surface area contributed by atoms with Gasteiger partial charge in [-0.2, -0.15) is 0 Å². The first-order chi connectivity index (χ1) is 6.49. The van der Waals surface area contributed by atoms with E-state index in [4.69, 9.17) is 10.7 Å². The molecular weight excluding hydrogens is 242 g/mol. The molecule has 1 aromatic rings. The number of hydrogen-bond donors (Lipinski definition) is 0. The minimum atomic E-state index is -3.38. The molecule has 0 aromatic carbocycles. The Labute approximate surface area is 92.3 Å². The molecule has 6 heteroatoms. The number of aryl methyl sites for hydroxylation is 1. The molecule has 0 bridgehead atoms. The van der Waals surface area contributed by atoms with Gasteiger partial charge in [0, 0.05) is 22.6 Å². The summed E-state index contributed by atoms with van der Waals surface area (Å²) in [5.74, 6) is 0.402. The molecule has 1 aromatic heterocycles. The number of rotatable bonds is 4. The second kappa shape index (κ2) is 5.00. The Morgan fingerprint density at radius 1 is 1.57 bits per heavy atom. The maximum absolute atomic E-state index is 10.6.